The summed E-state index contributed by atoms with van der Waals surface area (Å²) in [6.45, 7) is 1.72. The Balaban J connectivity index is 2.21. The minimum Gasteiger partial charge on any atom is -0.464 e. The maximum atomic E-state index is 13.5. The normalized spacial score (nSPS) is 10.1. The van der Waals surface area contributed by atoms with Gasteiger partial charge in [-0.2, -0.15) is 5.26 Å². The van der Waals surface area contributed by atoms with Gasteiger partial charge in [0, 0.05) is 6.20 Å². The molecule has 0 unspecified atom stereocenters. The van der Waals surface area contributed by atoms with E-state index in [4.69, 9.17) is 14.7 Å². The van der Waals surface area contributed by atoms with Crippen molar-refractivity contribution in [2.24, 2.45) is 0 Å². The standard InChI is InChI=1S/C14H11FIN3O3/c1-2-21-13(20)8-22-14-12(16)7-19(18-14)11-4-9(6-17)3-10(15)5-11/h3-5,7H,2,8H2,1H3. The van der Waals surface area contributed by atoms with Crippen molar-refractivity contribution in [1.29, 1.82) is 5.26 Å². The van der Waals surface area contributed by atoms with Crippen LogP contribution in [0.25, 0.3) is 5.69 Å². The molecule has 0 atom stereocenters. The van der Waals surface area contributed by atoms with Crippen molar-refractivity contribution < 1.29 is 18.7 Å². The lowest BCUT2D eigenvalue weighted by atomic mass is 10.2. The Kier molecular flexibility index (Phi) is 5.32. The zero-order valence-electron chi connectivity index (χ0n) is 11.5. The van der Waals surface area contributed by atoms with Crippen molar-refractivity contribution in [3.8, 4) is 17.6 Å². The lowest BCUT2D eigenvalue weighted by Gasteiger charge is -2.04. The molecule has 0 saturated carbocycles. The molecule has 1 aromatic heterocycles. The van der Waals surface area contributed by atoms with Gasteiger partial charge in [0.15, 0.2) is 6.61 Å². The molecule has 22 heavy (non-hydrogen) atoms. The maximum absolute atomic E-state index is 13.5. The highest BCUT2D eigenvalue weighted by molar-refractivity contribution is 14.1. The molecule has 6 nitrogen and oxygen atoms in total. The number of carbonyl (C=O) groups is 1. The average Bonchev–Trinajstić information content (AvgIpc) is 2.86. The molecule has 114 valence electrons. The Bertz CT molecular complexity index is 739. The predicted octanol–water partition coefficient (Wildman–Crippen LogP) is 2.43. The number of nitriles is 1. The number of esters is 1. The predicted molar refractivity (Wildman–Crippen MR) is 83.1 cm³/mol. The Morgan fingerprint density at radius 1 is 1.50 bits per heavy atom. The zero-order chi connectivity index (χ0) is 16.1. The Morgan fingerprint density at radius 2 is 2.27 bits per heavy atom. The lowest BCUT2D eigenvalue weighted by molar-refractivity contribution is -0.145. The number of hydrogen-bond acceptors (Lipinski definition) is 5. The van der Waals surface area contributed by atoms with Gasteiger partial charge in [-0.05, 0) is 47.7 Å². The first kappa shape index (κ1) is 16.2. The molecule has 8 heteroatoms. The minimum atomic E-state index is -0.534. The molecule has 0 N–H and O–H groups in total. The number of ether oxygens (including phenoxy) is 2. The molecule has 2 aromatic rings. The summed E-state index contributed by atoms with van der Waals surface area (Å²) >= 11 is 1.98. The SMILES string of the molecule is CCOC(=O)COc1nn(-c2cc(F)cc(C#N)c2)cc1I. The van der Waals surface area contributed by atoms with Crippen LogP contribution < -0.4 is 4.74 Å². The average molecular weight is 415 g/mol. The van der Waals surface area contributed by atoms with Gasteiger partial charge in [0.25, 0.3) is 0 Å². The Labute approximate surface area is 139 Å². The third kappa shape index (κ3) is 3.94. The summed E-state index contributed by atoms with van der Waals surface area (Å²) in [5.74, 6) is -0.796. The highest BCUT2D eigenvalue weighted by Crippen LogP contribution is 2.22. The van der Waals surface area contributed by atoms with Gasteiger partial charge in [-0.25, -0.2) is 13.9 Å². The van der Waals surface area contributed by atoms with Crippen LogP contribution >= 0.6 is 22.6 Å². The number of hydrogen-bond donors (Lipinski definition) is 0. The van der Waals surface area contributed by atoms with Crippen molar-refractivity contribution >= 4 is 28.6 Å². The third-order valence-electron chi connectivity index (χ3n) is 2.55. The van der Waals surface area contributed by atoms with Gasteiger partial charge >= 0.3 is 5.97 Å². The molecule has 0 radical (unpaired) electrons. The molecule has 0 amide bonds. The first-order valence-corrected chi connectivity index (χ1v) is 7.36. The Morgan fingerprint density at radius 3 is 2.95 bits per heavy atom. The summed E-state index contributed by atoms with van der Waals surface area (Å²) in [7, 11) is 0. The molecule has 2 rings (SSSR count). The first-order chi connectivity index (χ1) is 10.5. The van der Waals surface area contributed by atoms with Crippen LogP contribution in [0.5, 0.6) is 5.88 Å². The smallest absolute Gasteiger partial charge is 0.344 e. The molecular formula is C14H11FIN3O3. The molecule has 0 aliphatic carbocycles. The highest BCUT2D eigenvalue weighted by atomic mass is 127. The molecule has 1 aromatic carbocycles. The van der Waals surface area contributed by atoms with Gasteiger partial charge in [-0.3, -0.25) is 0 Å². The van der Waals surface area contributed by atoms with E-state index in [1.165, 1.54) is 16.8 Å². The van der Waals surface area contributed by atoms with Crippen molar-refractivity contribution in [3.63, 3.8) is 0 Å². The number of rotatable bonds is 5. The molecule has 1 heterocycles. The second kappa shape index (κ2) is 7.22. The molecule has 0 aliphatic rings. The van der Waals surface area contributed by atoms with Crippen LogP contribution in [0.1, 0.15) is 12.5 Å². The second-order valence-electron chi connectivity index (χ2n) is 4.13. The van der Waals surface area contributed by atoms with Crippen molar-refractivity contribution in [3.05, 3.63) is 39.3 Å². The van der Waals surface area contributed by atoms with E-state index in [2.05, 4.69) is 5.10 Å². The fourth-order valence-corrected chi connectivity index (χ4v) is 2.20. The van der Waals surface area contributed by atoms with Crippen LogP contribution in [0.3, 0.4) is 0 Å². The van der Waals surface area contributed by atoms with Crippen molar-refractivity contribution in [2.45, 2.75) is 6.92 Å². The number of benzene rings is 1. The summed E-state index contributed by atoms with van der Waals surface area (Å²) in [6, 6.07) is 5.76. The van der Waals surface area contributed by atoms with Crippen LogP contribution in [0.4, 0.5) is 4.39 Å². The summed E-state index contributed by atoms with van der Waals surface area (Å²) in [5, 5.41) is 13.0. The number of nitrogens with zero attached hydrogens (tertiary/aromatic N) is 3. The van der Waals surface area contributed by atoms with E-state index in [-0.39, 0.29) is 24.7 Å². The fourth-order valence-electron chi connectivity index (χ4n) is 1.67. The van der Waals surface area contributed by atoms with E-state index in [9.17, 15) is 9.18 Å². The van der Waals surface area contributed by atoms with Crippen LogP contribution in [-0.2, 0) is 9.53 Å². The van der Waals surface area contributed by atoms with Crippen LogP contribution in [-0.4, -0.2) is 29.0 Å². The first-order valence-electron chi connectivity index (χ1n) is 6.28. The number of aromatic nitrogens is 2. The lowest BCUT2D eigenvalue weighted by Crippen LogP contribution is -2.15. The van der Waals surface area contributed by atoms with Crippen molar-refractivity contribution in [2.75, 3.05) is 13.2 Å². The molecule has 0 aliphatic heterocycles. The van der Waals surface area contributed by atoms with Gasteiger partial charge in [0.2, 0.25) is 5.88 Å². The van der Waals surface area contributed by atoms with E-state index in [0.29, 0.717) is 9.26 Å². The molecular weight excluding hydrogens is 404 g/mol. The molecule has 0 saturated heterocycles. The van der Waals surface area contributed by atoms with Gasteiger partial charge in [-0.1, -0.05) is 0 Å². The summed E-state index contributed by atoms with van der Waals surface area (Å²) < 4.78 is 25.5. The highest BCUT2D eigenvalue weighted by Gasteiger charge is 2.12. The van der Waals surface area contributed by atoms with Gasteiger partial charge in [0.1, 0.15) is 5.82 Å². The molecule has 0 bridgehead atoms. The van der Waals surface area contributed by atoms with Crippen LogP contribution in [0, 0.1) is 20.7 Å². The summed E-state index contributed by atoms with van der Waals surface area (Å²) in [6.07, 6.45) is 1.61. The van der Waals surface area contributed by atoms with Gasteiger partial charge < -0.3 is 9.47 Å². The van der Waals surface area contributed by atoms with Gasteiger partial charge in [-0.15, -0.1) is 5.10 Å². The van der Waals surface area contributed by atoms with Crippen LogP contribution in [0.15, 0.2) is 24.4 Å². The van der Waals surface area contributed by atoms with Crippen LogP contribution in [0.2, 0.25) is 0 Å². The zero-order valence-corrected chi connectivity index (χ0v) is 13.7. The Hall–Kier alpha value is -2.15. The molecule has 0 spiro atoms. The minimum absolute atomic E-state index is 0.189. The largest absolute Gasteiger partial charge is 0.464 e. The van der Waals surface area contributed by atoms with E-state index in [1.54, 1.807) is 13.1 Å². The quantitative estimate of drug-likeness (QED) is 0.554. The number of carbonyl (C=O) groups excluding carboxylic acids is 1. The van der Waals surface area contributed by atoms with Crippen molar-refractivity contribution in [1.82, 2.24) is 9.78 Å². The van der Waals surface area contributed by atoms with E-state index < -0.39 is 11.8 Å². The van der Waals surface area contributed by atoms with E-state index in [0.717, 1.165) is 6.07 Å². The van der Waals surface area contributed by atoms with E-state index in [1.807, 2.05) is 28.7 Å². The summed E-state index contributed by atoms with van der Waals surface area (Å²) in [5.41, 5.74) is 0.579. The van der Waals surface area contributed by atoms with E-state index >= 15 is 0 Å². The maximum Gasteiger partial charge on any atom is 0.344 e. The second-order valence-corrected chi connectivity index (χ2v) is 5.29. The third-order valence-corrected chi connectivity index (χ3v) is 3.29. The molecule has 0 fully saturated rings. The number of halogens is 2. The fraction of sp³-hybridized carbons (Fsp3) is 0.214. The monoisotopic (exact) mass is 415 g/mol. The topological polar surface area (TPSA) is 77.1 Å². The summed E-state index contributed by atoms with van der Waals surface area (Å²) in [4.78, 5) is 11.3. The van der Waals surface area contributed by atoms with Gasteiger partial charge in [0.05, 0.1) is 27.5 Å².